The number of piperidine rings is 1. The van der Waals surface area contributed by atoms with Crippen LogP contribution in [0.2, 0.25) is 0 Å². The third kappa shape index (κ3) is 3.00. The summed E-state index contributed by atoms with van der Waals surface area (Å²) in [6, 6.07) is 4.04. The Morgan fingerprint density at radius 2 is 2.27 bits per heavy atom. The summed E-state index contributed by atoms with van der Waals surface area (Å²) in [6.07, 6.45) is 9.22. The molecule has 1 aliphatic rings. The molecule has 4 rings (SSSR count). The van der Waals surface area contributed by atoms with E-state index in [0.717, 1.165) is 49.3 Å². The summed E-state index contributed by atoms with van der Waals surface area (Å²) < 4.78 is 2.03. The van der Waals surface area contributed by atoms with Gasteiger partial charge in [0.1, 0.15) is 5.65 Å². The fourth-order valence-electron chi connectivity index (χ4n) is 4.00. The van der Waals surface area contributed by atoms with Gasteiger partial charge in [0.15, 0.2) is 0 Å². The molecule has 0 bridgehead atoms. The predicted molar refractivity (Wildman–Crippen MR) is 100 cm³/mol. The normalized spacial score (nSPS) is 17.8. The molecule has 0 radical (unpaired) electrons. The summed E-state index contributed by atoms with van der Waals surface area (Å²) in [7, 11) is 0. The van der Waals surface area contributed by atoms with Gasteiger partial charge in [-0.05, 0) is 43.4 Å². The van der Waals surface area contributed by atoms with Crippen molar-refractivity contribution >= 4 is 11.6 Å². The largest absolute Gasteiger partial charge is 0.342 e. The molecule has 3 aromatic heterocycles. The summed E-state index contributed by atoms with van der Waals surface area (Å²) in [5, 5.41) is 7.36. The number of nitrogens with one attached hydrogen (secondary N) is 1. The van der Waals surface area contributed by atoms with Crippen molar-refractivity contribution in [1.29, 1.82) is 0 Å². The van der Waals surface area contributed by atoms with Gasteiger partial charge in [-0.1, -0.05) is 13.0 Å². The SMILES string of the molecule is CCc1cn[nH]c1C1CCCN(C(=O)Cc2cnc3c(C)cccn23)C1. The molecule has 0 saturated carbocycles. The highest BCUT2D eigenvalue weighted by Crippen LogP contribution is 2.28. The number of carbonyl (C=O) groups excluding carboxylic acids is 1. The topological polar surface area (TPSA) is 66.3 Å². The molecule has 1 amide bonds. The number of hydrogen-bond donors (Lipinski definition) is 1. The number of H-pyrrole nitrogens is 1. The van der Waals surface area contributed by atoms with Crippen molar-refractivity contribution in [2.45, 2.75) is 45.4 Å². The van der Waals surface area contributed by atoms with E-state index in [-0.39, 0.29) is 5.91 Å². The number of fused-ring (bicyclic) bond motifs is 1. The van der Waals surface area contributed by atoms with E-state index in [1.165, 1.54) is 11.3 Å². The summed E-state index contributed by atoms with van der Waals surface area (Å²) >= 11 is 0. The molecule has 0 aliphatic carbocycles. The van der Waals surface area contributed by atoms with Crippen LogP contribution in [0.5, 0.6) is 0 Å². The average molecular weight is 351 g/mol. The van der Waals surface area contributed by atoms with Crippen LogP contribution in [0.1, 0.15) is 48.2 Å². The molecule has 4 heterocycles. The molecular formula is C20H25N5O. The van der Waals surface area contributed by atoms with Crippen molar-refractivity contribution < 1.29 is 4.79 Å². The van der Waals surface area contributed by atoms with Gasteiger partial charge in [0.25, 0.3) is 0 Å². The minimum absolute atomic E-state index is 0.176. The van der Waals surface area contributed by atoms with E-state index in [0.29, 0.717) is 12.3 Å². The van der Waals surface area contributed by atoms with Crippen molar-refractivity contribution in [1.82, 2.24) is 24.5 Å². The summed E-state index contributed by atoms with van der Waals surface area (Å²) in [5.41, 5.74) is 5.47. The number of aromatic amines is 1. The molecule has 1 N–H and O–H groups in total. The van der Waals surface area contributed by atoms with Crippen molar-refractivity contribution in [3.05, 3.63) is 53.2 Å². The van der Waals surface area contributed by atoms with Gasteiger partial charge in [0.05, 0.1) is 18.3 Å². The van der Waals surface area contributed by atoms with Crippen LogP contribution in [0, 0.1) is 6.92 Å². The number of aryl methyl sites for hydroxylation is 2. The maximum Gasteiger partial charge on any atom is 0.228 e. The van der Waals surface area contributed by atoms with Crippen molar-refractivity contribution in [2.24, 2.45) is 0 Å². The Kier molecular flexibility index (Phi) is 4.49. The van der Waals surface area contributed by atoms with Gasteiger partial charge in [-0.2, -0.15) is 5.10 Å². The smallest absolute Gasteiger partial charge is 0.228 e. The molecule has 1 aliphatic heterocycles. The second-order valence-electron chi connectivity index (χ2n) is 7.15. The van der Waals surface area contributed by atoms with E-state index in [9.17, 15) is 4.79 Å². The third-order valence-corrected chi connectivity index (χ3v) is 5.45. The van der Waals surface area contributed by atoms with Crippen molar-refractivity contribution in [3.8, 4) is 0 Å². The van der Waals surface area contributed by atoms with E-state index in [4.69, 9.17) is 0 Å². The van der Waals surface area contributed by atoms with Crippen molar-refractivity contribution in [2.75, 3.05) is 13.1 Å². The summed E-state index contributed by atoms with van der Waals surface area (Å²) in [5.74, 6) is 0.533. The molecule has 0 spiro atoms. The Bertz CT molecular complexity index is 925. The second kappa shape index (κ2) is 6.94. The van der Waals surface area contributed by atoms with Crippen LogP contribution in [0.3, 0.4) is 0 Å². The molecule has 26 heavy (non-hydrogen) atoms. The Balaban J connectivity index is 1.50. The van der Waals surface area contributed by atoms with Gasteiger partial charge in [-0.3, -0.25) is 9.89 Å². The Labute approximate surface area is 153 Å². The van der Waals surface area contributed by atoms with Gasteiger partial charge < -0.3 is 9.30 Å². The Morgan fingerprint density at radius 1 is 1.38 bits per heavy atom. The highest BCUT2D eigenvalue weighted by molar-refractivity contribution is 5.79. The summed E-state index contributed by atoms with van der Waals surface area (Å²) in [4.78, 5) is 19.4. The minimum atomic E-state index is 0.176. The van der Waals surface area contributed by atoms with Crippen LogP contribution in [-0.2, 0) is 17.6 Å². The van der Waals surface area contributed by atoms with E-state index in [1.54, 1.807) is 0 Å². The fraction of sp³-hybridized carbons (Fsp3) is 0.450. The van der Waals surface area contributed by atoms with Gasteiger partial charge in [0, 0.05) is 37.1 Å². The molecule has 1 atom stereocenters. The Morgan fingerprint density at radius 3 is 3.12 bits per heavy atom. The number of aromatic nitrogens is 4. The zero-order valence-corrected chi connectivity index (χ0v) is 15.4. The maximum absolute atomic E-state index is 12.9. The fourth-order valence-corrected chi connectivity index (χ4v) is 4.00. The van der Waals surface area contributed by atoms with Gasteiger partial charge in [-0.25, -0.2) is 4.98 Å². The van der Waals surface area contributed by atoms with Crippen LogP contribution in [0.25, 0.3) is 5.65 Å². The van der Waals surface area contributed by atoms with Gasteiger partial charge >= 0.3 is 0 Å². The van der Waals surface area contributed by atoms with E-state index >= 15 is 0 Å². The number of imidazole rings is 1. The molecule has 6 heteroatoms. The first-order chi connectivity index (χ1) is 12.7. The molecule has 136 valence electrons. The lowest BCUT2D eigenvalue weighted by Crippen LogP contribution is -2.40. The lowest BCUT2D eigenvalue weighted by atomic mass is 9.92. The third-order valence-electron chi connectivity index (χ3n) is 5.45. The number of pyridine rings is 1. The second-order valence-corrected chi connectivity index (χ2v) is 7.15. The molecule has 1 unspecified atom stereocenters. The first kappa shape index (κ1) is 16.8. The predicted octanol–water partition coefficient (Wildman–Crippen LogP) is 2.88. The molecule has 0 aromatic carbocycles. The van der Waals surface area contributed by atoms with Gasteiger partial charge in [0.2, 0.25) is 5.91 Å². The number of likely N-dealkylation sites (tertiary alicyclic amines) is 1. The van der Waals surface area contributed by atoms with Crippen LogP contribution < -0.4 is 0 Å². The van der Waals surface area contributed by atoms with Crippen molar-refractivity contribution in [3.63, 3.8) is 0 Å². The Hall–Kier alpha value is -2.63. The number of nitrogens with zero attached hydrogens (tertiary/aromatic N) is 4. The molecule has 1 saturated heterocycles. The molecular weight excluding hydrogens is 326 g/mol. The van der Waals surface area contributed by atoms with E-state index < -0.39 is 0 Å². The molecule has 6 nitrogen and oxygen atoms in total. The summed E-state index contributed by atoms with van der Waals surface area (Å²) in [6.45, 7) is 5.79. The first-order valence-electron chi connectivity index (χ1n) is 9.38. The highest BCUT2D eigenvalue weighted by Gasteiger charge is 2.27. The van der Waals surface area contributed by atoms with Crippen LogP contribution in [0.4, 0.5) is 0 Å². The zero-order valence-electron chi connectivity index (χ0n) is 15.4. The average Bonchev–Trinajstić information content (AvgIpc) is 3.30. The number of carbonyl (C=O) groups is 1. The first-order valence-corrected chi connectivity index (χ1v) is 9.38. The minimum Gasteiger partial charge on any atom is -0.342 e. The van der Waals surface area contributed by atoms with Crippen LogP contribution in [-0.4, -0.2) is 43.5 Å². The van der Waals surface area contributed by atoms with Gasteiger partial charge in [-0.15, -0.1) is 0 Å². The number of rotatable bonds is 4. The zero-order chi connectivity index (χ0) is 18.1. The molecule has 3 aromatic rings. The number of amides is 1. The monoisotopic (exact) mass is 351 g/mol. The van der Waals surface area contributed by atoms with E-state index in [1.807, 2.05) is 46.9 Å². The maximum atomic E-state index is 12.9. The standard InChI is InChI=1S/C20H25N5O/c1-3-15-11-22-23-19(15)16-7-5-8-24(13-16)18(26)10-17-12-21-20-14(2)6-4-9-25(17)20/h4,6,9,11-12,16H,3,5,7-8,10,13H2,1-2H3,(H,22,23). The number of hydrogen-bond acceptors (Lipinski definition) is 3. The molecule has 1 fully saturated rings. The highest BCUT2D eigenvalue weighted by atomic mass is 16.2. The lowest BCUT2D eigenvalue weighted by Gasteiger charge is -2.32. The van der Waals surface area contributed by atoms with E-state index in [2.05, 4.69) is 22.1 Å². The van der Waals surface area contributed by atoms with Crippen LogP contribution >= 0.6 is 0 Å². The van der Waals surface area contributed by atoms with Crippen LogP contribution in [0.15, 0.2) is 30.7 Å². The quantitative estimate of drug-likeness (QED) is 0.786. The lowest BCUT2D eigenvalue weighted by molar-refractivity contribution is -0.131.